The zero-order valence-corrected chi connectivity index (χ0v) is 12.3. The second kappa shape index (κ2) is 6.51. The Morgan fingerprint density at radius 2 is 1.95 bits per heavy atom. The lowest BCUT2D eigenvalue weighted by Gasteiger charge is -2.07. The summed E-state index contributed by atoms with van der Waals surface area (Å²) in [5, 5.41) is 9.64. The van der Waals surface area contributed by atoms with E-state index in [1.54, 1.807) is 18.2 Å². The first-order valence-corrected chi connectivity index (χ1v) is 6.45. The Bertz CT molecular complexity index is 707. The van der Waals surface area contributed by atoms with Crippen LogP contribution in [0.2, 0.25) is 10.3 Å². The van der Waals surface area contributed by atoms with Crippen molar-refractivity contribution >= 4 is 40.8 Å². The predicted molar refractivity (Wildman–Crippen MR) is 77.8 cm³/mol. The average molecular weight is 326 g/mol. The number of carbonyl (C=O) groups excluding carboxylic acids is 2. The van der Waals surface area contributed by atoms with Crippen molar-refractivity contribution in [2.45, 2.75) is 0 Å². The number of hydrogen-bond donors (Lipinski definition) is 1. The summed E-state index contributed by atoms with van der Waals surface area (Å²) in [6, 6.07) is 7.58. The van der Waals surface area contributed by atoms with Crippen LogP contribution in [0.15, 0.2) is 30.3 Å². The quantitative estimate of drug-likeness (QED) is 0.877. The van der Waals surface area contributed by atoms with Gasteiger partial charge in [0.1, 0.15) is 0 Å². The Balaban J connectivity index is 2.23. The van der Waals surface area contributed by atoms with Gasteiger partial charge in [0.25, 0.3) is 5.91 Å². The predicted octanol–water partition coefficient (Wildman–Crippen LogP) is 2.82. The average Bonchev–Trinajstić information content (AvgIpc) is 2.49. The van der Waals surface area contributed by atoms with Crippen LogP contribution < -0.4 is 5.32 Å². The fraction of sp³-hybridized carbons (Fsp3) is 0.0769. The number of hydrogen-bond acceptors (Lipinski definition) is 5. The van der Waals surface area contributed by atoms with Gasteiger partial charge in [0.15, 0.2) is 10.3 Å². The van der Waals surface area contributed by atoms with Crippen molar-refractivity contribution in [2.24, 2.45) is 0 Å². The molecule has 6 nitrogen and oxygen atoms in total. The molecule has 0 bridgehead atoms. The molecule has 8 heteroatoms. The Kier molecular flexibility index (Phi) is 4.72. The van der Waals surface area contributed by atoms with Crippen LogP contribution in [0, 0.1) is 0 Å². The number of carbonyl (C=O) groups is 2. The molecule has 0 spiro atoms. The summed E-state index contributed by atoms with van der Waals surface area (Å²) < 4.78 is 4.61. The molecule has 21 heavy (non-hydrogen) atoms. The van der Waals surface area contributed by atoms with Crippen LogP contribution in [0.4, 0.5) is 5.69 Å². The molecule has 0 unspecified atom stereocenters. The summed E-state index contributed by atoms with van der Waals surface area (Å²) in [7, 11) is 1.28. The van der Waals surface area contributed by atoms with Gasteiger partial charge >= 0.3 is 5.97 Å². The number of amides is 1. The number of halogens is 2. The van der Waals surface area contributed by atoms with Crippen molar-refractivity contribution in [1.29, 1.82) is 0 Å². The van der Waals surface area contributed by atoms with Crippen LogP contribution >= 0.6 is 23.2 Å². The molecular formula is C13H9Cl2N3O3. The summed E-state index contributed by atoms with van der Waals surface area (Å²) in [6.07, 6.45) is 0. The lowest BCUT2D eigenvalue weighted by Crippen LogP contribution is -2.14. The number of anilines is 1. The smallest absolute Gasteiger partial charge is 0.337 e. The lowest BCUT2D eigenvalue weighted by molar-refractivity contribution is 0.0600. The molecule has 0 atom stereocenters. The third-order valence-electron chi connectivity index (χ3n) is 2.51. The van der Waals surface area contributed by atoms with Crippen LogP contribution in [-0.4, -0.2) is 29.2 Å². The molecule has 1 amide bonds. The molecule has 1 aromatic heterocycles. The van der Waals surface area contributed by atoms with Gasteiger partial charge in [0.05, 0.1) is 18.2 Å². The van der Waals surface area contributed by atoms with E-state index in [-0.39, 0.29) is 15.9 Å². The Labute approximate surface area is 130 Å². The van der Waals surface area contributed by atoms with E-state index >= 15 is 0 Å². The molecule has 1 heterocycles. The number of methoxy groups -OCH3 is 1. The maximum atomic E-state index is 12.1. The van der Waals surface area contributed by atoms with Crippen LogP contribution in [-0.2, 0) is 4.74 Å². The summed E-state index contributed by atoms with van der Waals surface area (Å²) in [5.41, 5.74) is 0.805. The number of ether oxygens (including phenoxy) is 1. The van der Waals surface area contributed by atoms with E-state index in [0.717, 1.165) is 0 Å². The minimum Gasteiger partial charge on any atom is -0.465 e. The first-order valence-electron chi connectivity index (χ1n) is 5.69. The van der Waals surface area contributed by atoms with E-state index in [1.807, 2.05) is 0 Å². The lowest BCUT2D eigenvalue weighted by atomic mass is 10.2. The summed E-state index contributed by atoms with van der Waals surface area (Å²) in [4.78, 5) is 23.5. The normalized spacial score (nSPS) is 10.0. The number of rotatable bonds is 3. The summed E-state index contributed by atoms with van der Waals surface area (Å²) >= 11 is 11.5. The first-order chi connectivity index (χ1) is 10.0. The first kappa shape index (κ1) is 15.2. The van der Waals surface area contributed by atoms with Crippen molar-refractivity contribution in [3.05, 3.63) is 51.8 Å². The van der Waals surface area contributed by atoms with E-state index in [4.69, 9.17) is 23.2 Å². The molecule has 0 aliphatic rings. The zero-order valence-electron chi connectivity index (χ0n) is 10.8. The van der Waals surface area contributed by atoms with Crippen molar-refractivity contribution in [1.82, 2.24) is 10.2 Å². The number of benzene rings is 1. The summed E-state index contributed by atoms with van der Waals surface area (Å²) in [6.45, 7) is 0. The number of nitrogens with one attached hydrogen (secondary N) is 1. The number of esters is 1. The molecule has 0 saturated carbocycles. The van der Waals surface area contributed by atoms with E-state index in [0.29, 0.717) is 11.3 Å². The molecule has 0 fully saturated rings. The molecule has 0 aliphatic heterocycles. The number of aromatic nitrogens is 2. The highest BCUT2D eigenvalue weighted by molar-refractivity contribution is 6.34. The fourth-order valence-corrected chi connectivity index (χ4v) is 1.88. The molecule has 1 aromatic carbocycles. The van der Waals surface area contributed by atoms with Gasteiger partial charge in [0, 0.05) is 5.69 Å². The Morgan fingerprint density at radius 3 is 2.67 bits per heavy atom. The van der Waals surface area contributed by atoms with E-state index in [1.165, 1.54) is 19.2 Å². The minimum absolute atomic E-state index is 0.0489. The minimum atomic E-state index is -0.515. The van der Waals surface area contributed by atoms with Gasteiger partial charge in [0.2, 0.25) is 0 Å². The molecule has 0 radical (unpaired) electrons. The molecule has 2 aromatic rings. The Hall–Kier alpha value is -2.18. The van der Waals surface area contributed by atoms with E-state index < -0.39 is 11.9 Å². The van der Waals surface area contributed by atoms with Gasteiger partial charge in [-0.1, -0.05) is 29.3 Å². The maximum absolute atomic E-state index is 12.1. The largest absolute Gasteiger partial charge is 0.465 e. The van der Waals surface area contributed by atoms with Crippen molar-refractivity contribution in [3.8, 4) is 0 Å². The van der Waals surface area contributed by atoms with Gasteiger partial charge < -0.3 is 10.1 Å². The van der Waals surface area contributed by atoms with E-state index in [9.17, 15) is 9.59 Å². The van der Waals surface area contributed by atoms with E-state index in [2.05, 4.69) is 20.3 Å². The van der Waals surface area contributed by atoms with Gasteiger partial charge in [-0.2, -0.15) is 0 Å². The molecular weight excluding hydrogens is 317 g/mol. The third-order valence-corrected chi connectivity index (χ3v) is 2.97. The van der Waals surface area contributed by atoms with Gasteiger partial charge in [-0.25, -0.2) is 4.79 Å². The molecule has 0 saturated heterocycles. The van der Waals surface area contributed by atoms with Crippen LogP contribution in [0.5, 0.6) is 0 Å². The molecule has 0 aliphatic carbocycles. The molecule has 2 rings (SSSR count). The highest BCUT2D eigenvalue weighted by Crippen LogP contribution is 2.18. The second-order valence-electron chi connectivity index (χ2n) is 3.90. The monoisotopic (exact) mass is 325 g/mol. The third kappa shape index (κ3) is 3.68. The van der Waals surface area contributed by atoms with Gasteiger partial charge in [-0.3, -0.25) is 4.79 Å². The summed E-state index contributed by atoms with van der Waals surface area (Å²) in [5.74, 6) is -1.02. The number of nitrogens with zero attached hydrogens (tertiary/aromatic N) is 2. The van der Waals surface area contributed by atoms with Gasteiger partial charge in [-0.15, -0.1) is 10.2 Å². The van der Waals surface area contributed by atoms with Crippen molar-refractivity contribution in [3.63, 3.8) is 0 Å². The van der Waals surface area contributed by atoms with Crippen molar-refractivity contribution in [2.75, 3.05) is 12.4 Å². The molecule has 108 valence electrons. The van der Waals surface area contributed by atoms with Crippen LogP contribution in [0.3, 0.4) is 0 Å². The fourth-order valence-electron chi connectivity index (χ4n) is 1.55. The topological polar surface area (TPSA) is 81.2 Å². The van der Waals surface area contributed by atoms with Gasteiger partial charge in [-0.05, 0) is 24.3 Å². The highest BCUT2D eigenvalue weighted by Gasteiger charge is 2.14. The molecule has 1 N–H and O–H groups in total. The van der Waals surface area contributed by atoms with Crippen LogP contribution in [0.1, 0.15) is 20.7 Å². The second-order valence-corrected chi connectivity index (χ2v) is 4.64. The van der Waals surface area contributed by atoms with Crippen molar-refractivity contribution < 1.29 is 14.3 Å². The Morgan fingerprint density at radius 1 is 1.19 bits per heavy atom. The standard InChI is InChI=1S/C13H9Cl2N3O3/c1-21-13(20)7-3-2-4-8(5-7)16-12(19)9-6-10(14)17-18-11(9)15/h2-6H,1H3,(H,16,19). The van der Waals surface area contributed by atoms with Crippen LogP contribution in [0.25, 0.3) is 0 Å². The maximum Gasteiger partial charge on any atom is 0.337 e. The zero-order chi connectivity index (χ0) is 15.4. The SMILES string of the molecule is COC(=O)c1cccc(NC(=O)c2cc(Cl)nnc2Cl)c1. The highest BCUT2D eigenvalue weighted by atomic mass is 35.5.